The van der Waals surface area contributed by atoms with Crippen molar-refractivity contribution in [2.45, 2.75) is 13.0 Å². The third-order valence-corrected chi connectivity index (χ3v) is 2.76. The second kappa shape index (κ2) is 5.48. The summed E-state index contributed by atoms with van der Waals surface area (Å²) in [6.45, 7) is 1.90. The fraction of sp³-hybridized carbons (Fsp3) is 0.143. The number of nitrogens with two attached hydrogens (primary N) is 1. The molecule has 1 amide bonds. The summed E-state index contributed by atoms with van der Waals surface area (Å²) >= 11 is 0. The summed E-state index contributed by atoms with van der Waals surface area (Å²) in [5.74, 6) is -0.192. The molecule has 0 aliphatic rings. The van der Waals surface area contributed by atoms with Crippen LogP contribution in [0.15, 0.2) is 42.6 Å². The first kappa shape index (κ1) is 13.0. The van der Waals surface area contributed by atoms with Gasteiger partial charge in [0.15, 0.2) is 0 Å². The number of amides is 1. The minimum atomic E-state index is -0.516. The number of pyridine rings is 1. The van der Waals surface area contributed by atoms with Crippen molar-refractivity contribution in [2.24, 2.45) is 5.73 Å². The number of carbonyl (C=O) groups is 1. The number of hydrogen-bond acceptors (Lipinski definition) is 3. The van der Waals surface area contributed by atoms with E-state index in [9.17, 15) is 9.18 Å². The number of aromatic nitrogens is 1. The van der Waals surface area contributed by atoms with Gasteiger partial charge in [-0.15, -0.1) is 0 Å². The molecule has 5 heteroatoms. The van der Waals surface area contributed by atoms with E-state index in [4.69, 9.17) is 5.73 Å². The van der Waals surface area contributed by atoms with Crippen LogP contribution in [0.2, 0.25) is 0 Å². The fourth-order valence-corrected chi connectivity index (χ4v) is 1.71. The van der Waals surface area contributed by atoms with E-state index in [2.05, 4.69) is 10.3 Å². The predicted molar refractivity (Wildman–Crippen MR) is 71.2 cm³/mol. The Morgan fingerprint density at radius 1 is 1.37 bits per heavy atom. The van der Waals surface area contributed by atoms with E-state index >= 15 is 0 Å². The second-order valence-corrected chi connectivity index (χ2v) is 4.22. The lowest BCUT2D eigenvalue weighted by Crippen LogP contribution is -2.12. The first-order valence-electron chi connectivity index (χ1n) is 5.84. The highest BCUT2D eigenvalue weighted by atomic mass is 19.1. The van der Waals surface area contributed by atoms with Gasteiger partial charge in [0, 0.05) is 6.20 Å². The molecule has 0 radical (unpaired) electrons. The first-order valence-corrected chi connectivity index (χ1v) is 5.84. The minimum absolute atomic E-state index is 0.0948. The van der Waals surface area contributed by atoms with E-state index in [1.807, 2.05) is 13.0 Å². The number of benzene rings is 1. The van der Waals surface area contributed by atoms with E-state index in [1.165, 1.54) is 18.3 Å². The number of anilines is 1. The van der Waals surface area contributed by atoms with E-state index < -0.39 is 5.91 Å². The molecule has 3 N–H and O–H groups in total. The number of carbonyl (C=O) groups excluding carboxylic acids is 1. The Hall–Kier alpha value is -2.43. The van der Waals surface area contributed by atoms with Gasteiger partial charge in [0.1, 0.15) is 11.6 Å². The molecule has 0 bridgehead atoms. The van der Waals surface area contributed by atoms with Gasteiger partial charge in [-0.05, 0) is 36.8 Å². The highest BCUT2D eigenvalue weighted by molar-refractivity contribution is 5.92. The summed E-state index contributed by atoms with van der Waals surface area (Å²) < 4.78 is 13.1. The van der Waals surface area contributed by atoms with Crippen molar-refractivity contribution >= 4 is 11.7 Å². The van der Waals surface area contributed by atoms with Gasteiger partial charge >= 0.3 is 0 Å². The van der Waals surface area contributed by atoms with Gasteiger partial charge < -0.3 is 11.1 Å². The van der Waals surface area contributed by atoms with E-state index in [1.54, 1.807) is 18.2 Å². The zero-order chi connectivity index (χ0) is 13.8. The van der Waals surface area contributed by atoms with Gasteiger partial charge in [0.05, 0.1) is 11.6 Å². The van der Waals surface area contributed by atoms with Crippen molar-refractivity contribution < 1.29 is 9.18 Å². The van der Waals surface area contributed by atoms with Crippen molar-refractivity contribution in [3.8, 4) is 0 Å². The predicted octanol–water partition coefficient (Wildman–Crippen LogP) is 2.49. The average Bonchev–Trinajstić information content (AvgIpc) is 2.39. The Kier molecular flexibility index (Phi) is 3.75. The summed E-state index contributed by atoms with van der Waals surface area (Å²) in [4.78, 5) is 15.0. The maximum Gasteiger partial charge on any atom is 0.250 e. The molecular formula is C14H14FN3O. The number of rotatable bonds is 4. The molecule has 98 valence electrons. The maximum absolute atomic E-state index is 13.1. The molecule has 0 fully saturated rings. The van der Waals surface area contributed by atoms with Crippen LogP contribution in [0.4, 0.5) is 10.2 Å². The number of primary amides is 1. The lowest BCUT2D eigenvalue weighted by Gasteiger charge is -2.15. The van der Waals surface area contributed by atoms with Crippen molar-refractivity contribution in [1.29, 1.82) is 0 Å². The molecule has 1 unspecified atom stereocenters. The molecule has 1 heterocycles. The topological polar surface area (TPSA) is 68.0 Å². The quantitative estimate of drug-likeness (QED) is 0.886. The molecule has 2 aromatic rings. The zero-order valence-corrected chi connectivity index (χ0v) is 10.4. The molecule has 19 heavy (non-hydrogen) atoms. The molecule has 4 nitrogen and oxygen atoms in total. The number of hydrogen-bond donors (Lipinski definition) is 2. The SMILES string of the molecule is CC(Nc1ccc(C(N)=O)cn1)c1cccc(F)c1. The Morgan fingerprint density at radius 2 is 2.16 bits per heavy atom. The van der Waals surface area contributed by atoms with E-state index in [0.717, 1.165) is 5.56 Å². The van der Waals surface area contributed by atoms with Gasteiger partial charge in [0.25, 0.3) is 0 Å². The molecule has 1 atom stereocenters. The van der Waals surface area contributed by atoms with E-state index in [0.29, 0.717) is 11.4 Å². The highest BCUT2D eigenvalue weighted by Gasteiger charge is 2.07. The molecule has 0 saturated heterocycles. The van der Waals surface area contributed by atoms with Gasteiger partial charge in [-0.3, -0.25) is 4.79 Å². The molecule has 0 spiro atoms. The second-order valence-electron chi connectivity index (χ2n) is 4.22. The zero-order valence-electron chi connectivity index (χ0n) is 10.4. The van der Waals surface area contributed by atoms with Crippen LogP contribution >= 0.6 is 0 Å². The summed E-state index contributed by atoms with van der Waals surface area (Å²) in [5, 5.41) is 3.12. The minimum Gasteiger partial charge on any atom is -0.366 e. The number of halogens is 1. The Balaban J connectivity index is 2.10. The van der Waals surface area contributed by atoms with Crippen LogP contribution in [0, 0.1) is 5.82 Å². The smallest absolute Gasteiger partial charge is 0.250 e. The van der Waals surface area contributed by atoms with Gasteiger partial charge in [0.2, 0.25) is 5.91 Å². The highest BCUT2D eigenvalue weighted by Crippen LogP contribution is 2.18. The molecule has 0 saturated carbocycles. The Bertz CT molecular complexity index is 583. The standard InChI is InChI=1S/C14H14FN3O/c1-9(10-3-2-4-12(15)7-10)18-13-6-5-11(8-17-13)14(16)19/h2-9H,1H3,(H2,16,19)(H,17,18). The molecule has 0 aliphatic carbocycles. The van der Waals surface area contributed by atoms with E-state index in [-0.39, 0.29) is 11.9 Å². The third-order valence-electron chi connectivity index (χ3n) is 2.76. The molecule has 1 aromatic heterocycles. The van der Waals surface area contributed by atoms with Crippen molar-refractivity contribution in [3.05, 3.63) is 59.5 Å². The monoisotopic (exact) mass is 259 g/mol. The molecular weight excluding hydrogens is 245 g/mol. The van der Waals surface area contributed by atoms with Crippen LogP contribution in [0.3, 0.4) is 0 Å². The summed E-state index contributed by atoms with van der Waals surface area (Å²) in [6.07, 6.45) is 1.41. The van der Waals surface area contributed by atoms with Crippen LogP contribution in [-0.4, -0.2) is 10.9 Å². The van der Waals surface area contributed by atoms with Crippen LogP contribution in [0.1, 0.15) is 28.9 Å². The number of nitrogens with one attached hydrogen (secondary N) is 1. The third kappa shape index (κ3) is 3.28. The fourth-order valence-electron chi connectivity index (χ4n) is 1.71. The van der Waals surface area contributed by atoms with Gasteiger partial charge in [-0.1, -0.05) is 12.1 Å². The molecule has 0 aliphatic heterocycles. The van der Waals surface area contributed by atoms with Crippen molar-refractivity contribution in [1.82, 2.24) is 4.98 Å². The lowest BCUT2D eigenvalue weighted by molar-refractivity contribution is 0.1000. The Labute approximate surface area is 110 Å². The molecule has 1 aromatic carbocycles. The van der Waals surface area contributed by atoms with Crippen LogP contribution in [0.5, 0.6) is 0 Å². The van der Waals surface area contributed by atoms with Crippen molar-refractivity contribution in [2.75, 3.05) is 5.32 Å². The summed E-state index contributed by atoms with van der Waals surface area (Å²) in [6, 6.07) is 9.52. The largest absolute Gasteiger partial charge is 0.366 e. The Morgan fingerprint density at radius 3 is 2.74 bits per heavy atom. The van der Waals surface area contributed by atoms with Crippen molar-refractivity contribution in [3.63, 3.8) is 0 Å². The lowest BCUT2D eigenvalue weighted by atomic mass is 10.1. The summed E-state index contributed by atoms with van der Waals surface area (Å²) in [5.41, 5.74) is 6.30. The molecule has 2 rings (SSSR count). The van der Waals surface area contributed by atoms with Crippen LogP contribution < -0.4 is 11.1 Å². The maximum atomic E-state index is 13.1. The average molecular weight is 259 g/mol. The van der Waals surface area contributed by atoms with Gasteiger partial charge in [-0.25, -0.2) is 9.37 Å². The van der Waals surface area contributed by atoms with Crippen LogP contribution in [0.25, 0.3) is 0 Å². The van der Waals surface area contributed by atoms with Gasteiger partial charge in [-0.2, -0.15) is 0 Å². The number of nitrogens with zero attached hydrogens (tertiary/aromatic N) is 1. The normalized spacial score (nSPS) is 11.9. The first-order chi connectivity index (χ1) is 9.06. The summed E-state index contributed by atoms with van der Waals surface area (Å²) in [7, 11) is 0. The van der Waals surface area contributed by atoms with Crippen LogP contribution in [-0.2, 0) is 0 Å².